The zero-order valence-corrected chi connectivity index (χ0v) is 14.5. The summed E-state index contributed by atoms with van der Waals surface area (Å²) in [5, 5.41) is 16.3. The second-order valence-corrected chi connectivity index (χ2v) is 5.91. The van der Waals surface area contributed by atoms with Gasteiger partial charge in [0.1, 0.15) is 11.6 Å². The van der Waals surface area contributed by atoms with Crippen LogP contribution in [0.5, 0.6) is 5.75 Å². The number of para-hydroxylation sites is 1. The molecule has 0 aliphatic heterocycles. The smallest absolute Gasteiger partial charge is 0.221 e. The summed E-state index contributed by atoms with van der Waals surface area (Å²) in [5.41, 5.74) is 3.60. The van der Waals surface area contributed by atoms with E-state index in [-0.39, 0.29) is 17.3 Å². The van der Waals surface area contributed by atoms with Gasteiger partial charge in [0.2, 0.25) is 5.91 Å². The minimum Gasteiger partial charge on any atom is -0.507 e. The Bertz CT molecular complexity index is 970. The molecule has 0 fully saturated rings. The van der Waals surface area contributed by atoms with Crippen molar-refractivity contribution in [3.63, 3.8) is 0 Å². The molecule has 0 aliphatic rings. The molecule has 3 aromatic carbocycles. The van der Waals surface area contributed by atoms with Gasteiger partial charge in [-0.2, -0.15) is 0 Å². The summed E-state index contributed by atoms with van der Waals surface area (Å²) in [6, 6.07) is 17.5. The molecule has 0 bridgehead atoms. The number of hydrogen-bond donors (Lipinski definition) is 3. The van der Waals surface area contributed by atoms with Crippen LogP contribution in [0.4, 0.5) is 15.8 Å². The Balaban J connectivity index is 2.04. The summed E-state index contributed by atoms with van der Waals surface area (Å²) in [6.45, 7) is 1.32. The van der Waals surface area contributed by atoms with E-state index in [9.17, 15) is 14.3 Å². The molecule has 5 heteroatoms. The summed E-state index contributed by atoms with van der Waals surface area (Å²) >= 11 is 0. The maximum Gasteiger partial charge on any atom is 0.221 e. The van der Waals surface area contributed by atoms with Crippen molar-refractivity contribution in [1.29, 1.82) is 0 Å². The molecule has 3 aromatic rings. The number of hydrogen-bond acceptors (Lipinski definition) is 3. The summed E-state index contributed by atoms with van der Waals surface area (Å²) in [6.07, 6.45) is 0. The van der Waals surface area contributed by atoms with Crippen LogP contribution in [0.15, 0.2) is 60.7 Å². The molecule has 26 heavy (non-hydrogen) atoms. The zero-order chi connectivity index (χ0) is 18.7. The van der Waals surface area contributed by atoms with Gasteiger partial charge in [-0.05, 0) is 35.4 Å². The van der Waals surface area contributed by atoms with E-state index in [0.29, 0.717) is 16.7 Å². The zero-order valence-electron chi connectivity index (χ0n) is 14.5. The maximum atomic E-state index is 14.2. The lowest BCUT2D eigenvalue weighted by molar-refractivity contribution is -0.114. The highest BCUT2D eigenvalue weighted by atomic mass is 19.1. The average molecular weight is 350 g/mol. The highest BCUT2D eigenvalue weighted by Crippen LogP contribution is 2.39. The number of amides is 1. The average Bonchev–Trinajstić information content (AvgIpc) is 2.63. The summed E-state index contributed by atoms with van der Waals surface area (Å²) in [4.78, 5) is 11.1. The number of rotatable bonds is 4. The van der Waals surface area contributed by atoms with Gasteiger partial charge in [-0.25, -0.2) is 4.39 Å². The minimum atomic E-state index is -0.556. The molecular weight excluding hydrogens is 331 g/mol. The van der Waals surface area contributed by atoms with Crippen molar-refractivity contribution >= 4 is 17.3 Å². The maximum absolute atomic E-state index is 14.2. The Morgan fingerprint density at radius 1 is 0.962 bits per heavy atom. The Labute approximate surface area is 151 Å². The van der Waals surface area contributed by atoms with Crippen LogP contribution in [0.2, 0.25) is 0 Å². The first-order valence-corrected chi connectivity index (χ1v) is 8.17. The van der Waals surface area contributed by atoms with Crippen LogP contribution < -0.4 is 10.6 Å². The first-order valence-electron chi connectivity index (χ1n) is 8.17. The van der Waals surface area contributed by atoms with Gasteiger partial charge in [-0.1, -0.05) is 36.4 Å². The van der Waals surface area contributed by atoms with Crippen LogP contribution in [0.1, 0.15) is 6.92 Å². The lowest BCUT2D eigenvalue weighted by atomic mass is 9.97. The molecule has 132 valence electrons. The Morgan fingerprint density at radius 2 is 1.62 bits per heavy atom. The first-order chi connectivity index (χ1) is 12.5. The van der Waals surface area contributed by atoms with Crippen LogP contribution >= 0.6 is 0 Å². The molecule has 0 aromatic heterocycles. The molecule has 0 spiro atoms. The SMILES string of the molecule is CNc1cccc(-c2cccc(-c3ccc(NC(C)=O)c(F)c3)c2O)c1. The minimum absolute atomic E-state index is 0.0763. The number of nitrogens with one attached hydrogen (secondary N) is 2. The van der Waals surface area contributed by atoms with Gasteiger partial charge < -0.3 is 15.7 Å². The van der Waals surface area contributed by atoms with Gasteiger partial charge in [-0.3, -0.25) is 4.79 Å². The third kappa shape index (κ3) is 3.52. The van der Waals surface area contributed by atoms with E-state index >= 15 is 0 Å². The lowest BCUT2D eigenvalue weighted by Crippen LogP contribution is -2.07. The number of phenolic OH excluding ortho intramolecular Hbond substituents is 1. The normalized spacial score (nSPS) is 10.4. The highest BCUT2D eigenvalue weighted by Gasteiger charge is 2.13. The molecule has 0 radical (unpaired) electrons. The van der Waals surface area contributed by atoms with E-state index in [1.807, 2.05) is 43.4 Å². The van der Waals surface area contributed by atoms with E-state index in [1.54, 1.807) is 12.1 Å². The van der Waals surface area contributed by atoms with Gasteiger partial charge in [0.05, 0.1) is 5.69 Å². The van der Waals surface area contributed by atoms with Gasteiger partial charge in [0, 0.05) is 30.8 Å². The number of halogens is 1. The number of carbonyl (C=O) groups is 1. The highest BCUT2D eigenvalue weighted by molar-refractivity contribution is 5.89. The quantitative estimate of drug-likeness (QED) is 0.629. The molecule has 0 heterocycles. The van der Waals surface area contributed by atoms with E-state index in [2.05, 4.69) is 10.6 Å². The number of carbonyl (C=O) groups excluding carboxylic acids is 1. The summed E-state index contributed by atoms with van der Waals surface area (Å²) in [5.74, 6) is -0.821. The number of anilines is 2. The Kier molecular flexibility index (Phi) is 4.89. The molecule has 1 amide bonds. The van der Waals surface area contributed by atoms with Crippen molar-refractivity contribution in [1.82, 2.24) is 0 Å². The van der Waals surface area contributed by atoms with Crippen molar-refractivity contribution in [3.8, 4) is 28.0 Å². The van der Waals surface area contributed by atoms with E-state index in [4.69, 9.17) is 0 Å². The molecule has 0 atom stereocenters. The third-order valence-corrected chi connectivity index (χ3v) is 4.09. The largest absolute Gasteiger partial charge is 0.507 e. The Hall–Kier alpha value is -3.34. The Morgan fingerprint density at radius 3 is 2.23 bits per heavy atom. The number of aromatic hydroxyl groups is 1. The molecule has 3 N–H and O–H groups in total. The van der Waals surface area contributed by atoms with Crippen LogP contribution in [0, 0.1) is 5.82 Å². The van der Waals surface area contributed by atoms with Crippen molar-refractivity contribution in [3.05, 3.63) is 66.5 Å². The molecule has 4 nitrogen and oxygen atoms in total. The van der Waals surface area contributed by atoms with Gasteiger partial charge in [-0.15, -0.1) is 0 Å². The summed E-state index contributed by atoms with van der Waals surface area (Å²) in [7, 11) is 1.83. The molecule has 0 aliphatic carbocycles. The van der Waals surface area contributed by atoms with Gasteiger partial charge >= 0.3 is 0 Å². The fourth-order valence-corrected chi connectivity index (χ4v) is 2.83. The molecular formula is C21H19FN2O2. The molecule has 0 saturated heterocycles. The van der Waals surface area contributed by atoms with E-state index < -0.39 is 5.82 Å². The fraction of sp³-hybridized carbons (Fsp3) is 0.0952. The monoisotopic (exact) mass is 350 g/mol. The third-order valence-electron chi connectivity index (χ3n) is 4.09. The predicted octanol–water partition coefficient (Wildman–Crippen LogP) is 4.87. The second-order valence-electron chi connectivity index (χ2n) is 5.91. The van der Waals surface area contributed by atoms with E-state index in [0.717, 1.165) is 11.3 Å². The predicted molar refractivity (Wildman–Crippen MR) is 103 cm³/mol. The standard InChI is InChI=1S/C21H19FN2O2/c1-13(25)24-20-10-9-15(12-19(20)22)18-8-4-7-17(21(18)26)14-5-3-6-16(11-14)23-2/h3-12,23,26H,1-2H3,(H,24,25). The van der Waals surface area contributed by atoms with Crippen LogP contribution in [-0.4, -0.2) is 18.1 Å². The van der Waals surface area contributed by atoms with E-state index in [1.165, 1.54) is 19.1 Å². The van der Waals surface area contributed by atoms with Crippen LogP contribution in [0.25, 0.3) is 22.3 Å². The molecule has 0 saturated carbocycles. The molecule has 3 rings (SSSR count). The van der Waals surface area contributed by atoms with Gasteiger partial charge in [0.25, 0.3) is 0 Å². The van der Waals surface area contributed by atoms with Gasteiger partial charge in [0.15, 0.2) is 0 Å². The number of phenols is 1. The molecule has 0 unspecified atom stereocenters. The first kappa shape index (κ1) is 17.5. The van der Waals surface area contributed by atoms with Crippen molar-refractivity contribution in [2.45, 2.75) is 6.92 Å². The van der Waals surface area contributed by atoms with Crippen molar-refractivity contribution < 1.29 is 14.3 Å². The topological polar surface area (TPSA) is 61.4 Å². The summed E-state index contributed by atoms with van der Waals surface area (Å²) < 4.78 is 14.2. The fourth-order valence-electron chi connectivity index (χ4n) is 2.83. The number of benzene rings is 3. The second kappa shape index (κ2) is 7.27. The van der Waals surface area contributed by atoms with Crippen molar-refractivity contribution in [2.24, 2.45) is 0 Å². The van der Waals surface area contributed by atoms with Crippen LogP contribution in [-0.2, 0) is 4.79 Å². The van der Waals surface area contributed by atoms with Crippen molar-refractivity contribution in [2.75, 3.05) is 17.7 Å². The lowest BCUT2D eigenvalue weighted by Gasteiger charge is -2.12. The van der Waals surface area contributed by atoms with Crippen LogP contribution in [0.3, 0.4) is 0 Å².